The van der Waals surface area contributed by atoms with Gasteiger partial charge in [0.15, 0.2) is 0 Å². The van der Waals surface area contributed by atoms with E-state index in [1.807, 2.05) is 31.3 Å². The van der Waals surface area contributed by atoms with Gasteiger partial charge in [0, 0.05) is 31.4 Å². The van der Waals surface area contributed by atoms with Crippen molar-refractivity contribution in [3.05, 3.63) is 54.2 Å². The predicted octanol–water partition coefficient (Wildman–Crippen LogP) is 3.64. The maximum atomic E-state index is 5.59. The second kappa shape index (κ2) is 7.47. The van der Waals surface area contributed by atoms with E-state index in [1.54, 1.807) is 0 Å². The molecule has 4 heteroatoms. The molecule has 1 aromatic heterocycles. The third kappa shape index (κ3) is 3.82. The molecule has 0 spiro atoms. The minimum atomic E-state index is 0.0838. The number of hydrogen-bond acceptors (Lipinski definition) is 4. The van der Waals surface area contributed by atoms with Crippen LogP contribution in [0.1, 0.15) is 25.3 Å². The number of aromatic nitrogens is 1. The first-order chi connectivity index (χ1) is 11.3. The van der Waals surface area contributed by atoms with Gasteiger partial charge in [0.1, 0.15) is 11.6 Å². The van der Waals surface area contributed by atoms with E-state index in [0.717, 1.165) is 44.2 Å². The Morgan fingerprint density at radius 1 is 1.13 bits per heavy atom. The monoisotopic (exact) mass is 312 g/mol. The Morgan fingerprint density at radius 3 is 2.57 bits per heavy atom. The first-order valence-electron chi connectivity index (χ1n) is 8.28. The van der Waals surface area contributed by atoms with E-state index in [0.29, 0.717) is 6.61 Å². The molecule has 0 amide bonds. The third-order valence-corrected chi connectivity index (χ3v) is 4.50. The zero-order valence-corrected chi connectivity index (χ0v) is 13.6. The molecular weight excluding hydrogens is 288 g/mol. The van der Waals surface area contributed by atoms with Crippen molar-refractivity contribution in [3.8, 4) is 5.75 Å². The summed E-state index contributed by atoms with van der Waals surface area (Å²) in [6.45, 7) is 5.17. The van der Waals surface area contributed by atoms with Crippen molar-refractivity contribution in [2.75, 3.05) is 31.7 Å². The summed E-state index contributed by atoms with van der Waals surface area (Å²) >= 11 is 0. The number of hydrogen-bond donors (Lipinski definition) is 1. The molecule has 0 radical (unpaired) electrons. The zero-order valence-electron chi connectivity index (χ0n) is 13.6. The van der Waals surface area contributed by atoms with Crippen molar-refractivity contribution in [3.63, 3.8) is 0 Å². The first-order valence-corrected chi connectivity index (χ1v) is 8.28. The molecular formula is C19H24N2O2. The van der Waals surface area contributed by atoms with Crippen molar-refractivity contribution >= 4 is 5.82 Å². The molecule has 122 valence electrons. The standard InChI is InChI=1S/C19H24N2O2/c1-2-23-17-8-6-16(7-9-17)19(10-13-22-14-11-19)15-21-18-5-3-4-12-20-18/h3-9,12H,2,10-11,13-15H2,1H3,(H,20,21). The minimum absolute atomic E-state index is 0.0838. The van der Waals surface area contributed by atoms with E-state index >= 15 is 0 Å². The Labute approximate surface area is 137 Å². The van der Waals surface area contributed by atoms with Gasteiger partial charge in [0.05, 0.1) is 6.61 Å². The molecule has 1 saturated heterocycles. The minimum Gasteiger partial charge on any atom is -0.494 e. The Kier molecular flexibility index (Phi) is 5.13. The quantitative estimate of drug-likeness (QED) is 0.884. The van der Waals surface area contributed by atoms with Gasteiger partial charge < -0.3 is 14.8 Å². The lowest BCUT2D eigenvalue weighted by Gasteiger charge is -2.38. The maximum absolute atomic E-state index is 5.59. The predicted molar refractivity (Wildman–Crippen MR) is 92.1 cm³/mol. The Hall–Kier alpha value is -2.07. The van der Waals surface area contributed by atoms with E-state index in [9.17, 15) is 0 Å². The third-order valence-electron chi connectivity index (χ3n) is 4.50. The Balaban J connectivity index is 1.78. The molecule has 0 atom stereocenters. The summed E-state index contributed by atoms with van der Waals surface area (Å²) in [6.07, 6.45) is 3.84. The van der Waals surface area contributed by atoms with Crippen molar-refractivity contribution in [2.45, 2.75) is 25.2 Å². The van der Waals surface area contributed by atoms with Gasteiger partial charge in [0.25, 0.3) is 0 Å². The van der Waals surface area contributed by atoms with Crippen LogP contribution in [-0.4, -0.2) is 31.3 Å². The molecule has 1 N–H and O–H groups in total. The number of ether oxygens (including phenoxy) is 2. The summed E-state index contributed by atoms with van der Waals surface area (Å²) in [7, 11) is 0. The molecule has 1 aliphatic heterocycles. The van der Waals surface area contributed by atoms with Gasteiger partial charge in [0.2, 0.25) is 0 Å². The van der Waals surface area contributed by atoms with E-state index in [4.69, 9.17) is 9.47 Å². The normalized spacial score (nSPS) is 16.7. The van der Waals surface area contributed by atoms with Crippen LogP contribution in [0.3, 0.4) is 0 Å². The molecule has 2 heterocycles. The summed E-state index contributed by atoms with van der Waals surface area (Å²) in [5, 5.41) is 3.50. The van der Waals surface area contributed by atoms with Crippen LogP contribution >= 0.6 is 0 Å². The van der Waals surface area contributed by atoms with Crippen LogP contribution < -0.4 is 10.1 Å². The molecule has 1 aromatic carbocycles. The molecule has 2 aromatic rings. The van der Waals surface area contributed by atoms with Crippen molar-refractivity contribution in [1.29, 1.82) is 0 Å². The lowest BCUT2D eigenvalue weighted by molar-refractivity contribution is 0.0543. The lowest BCUT2D eigenvalue weighted by Crippen LogP contribution is -2.40. The highest BCUT2D eigenvalue weighted by Gasteiger charge is 2.34. The number of nitrogens with zero attached hydrogens (tertiary/aromatic N) is 1. The second-order valence-electron chi connectivity index (χ2n) is 5.92. The van der Waals surface area contributed by atoms with Gasteiger partial charge in [-0.25, -0.2) is 4.98 Å². The van der Waals surface area contributed by atoms with Crippen molar-refractivity contribution in [2.24, 2.45) is 0 Å². The largest absolute Gasteiger partial charge is 0.494 e. The number of anilines is 1. The Bertz CT molecular complexity index is 593. The van der Waals surface area contributed by atoms with Gasteiger partial charge in [-0.2, -0.15) is 0 Å². The number of benzene rings is 1. The number of nitrogens with one attached hydrogen (secondary N) is 1. The maximum Gasteiger partial charge on any atom is 0.125 e. The Morgan fingerprint density at radius 2 is 1.91 bits per heavy atom. The first kappa shape index (κ1) is 15.8. The summed E-state index contributed by atoms with van der Waals surface area (Å²) in [4.78, 5) is 4.36. The van der Waals surface area contributed by atoms with Crippen LogP contribution in [0.15, 0.2) is 48.7 Å². The molecule has 0 aliphatic carbocycles. The SMILES string of the molecule is CCOc1ccc(C2(CNc3ccccn3)CCOCC2)cc1. The zero-order chi connectivity index (χ0) is 16.0. The highest BCUT2D eigenvalue weighted by molar-refractivity contribution is 5.38. The summed E-state index contributed by atoms with van der Waals surface area (Å²) in [5.41, 5.74) is 1.42. The fourth-order valence-electron chi connectivity index (χ4n) is 3.13. The molecule has 0 saturated carbocycles. The average Bonchev–Trinajstić information content (AvgIpc) is 2.63. The van der Waals surface area contributed by atoms with Crippen LogP contribution in [-0.2, 0) is 10.2 Å². The van der Waals surface area contributed by atoms with Gasteiger partial charge in [-0.1, -0.05) is 18.2 Å². The van der Waals surface area contributed by atoms with Crippen LogP contribution in [0.5, 0.6) is 5.75 Å². The molecule has 1 aliphatic rings. The second-order valence-corrected chi connectivity index (χ2v) is 5.92. The van der Waals surface area contributed by atoms with E-state index in [2.05, 4.69) is 34.6 Å². The topological polar surface area (TPSA) is 43.4 Å². The average molecular weight is 312 g/mol. The van der Waals surface area contributed by atoms with Crippen LogP contribution in [0.2, 0.25) is 0 Å². The van der Waals surface area contributed by atoms with Crippen LogP contribution in [0.25, 0.3) is 0 Å². The fourth-order valence-corrected chi connectivity index (χ4v) is 3.13. The van der Waals surface area contributed by atoms with Gasteiger partial charge in [-0.05, 0) is 49.6 Å². The number of rotatable bonds is 6. The molecule has 4 nitrogen and oxygen atoms in total. The van der Waals surface area contributed by atoms with Gasteiger partial charge >= 0.3 is 0 Å². The van der Waals surface area contributed by atoms with E-state index < -0.39 is 0 Å². The molecule has 1 fully saturated rings. The summed E-state index contributed by atoms with van der Waals surface area (Å²) in [5.74, 6) is 1.85. The van der Waals surface area contributed by atoms with Crippen molar-refractivity contribution < 1.29 is 9.47 Å². The fraction of sp³-hybridized carbons (Fsp3) is 0.421. The van der Waals surface area contributed by atoms with E-state index in [1.165, 1.54) is 5.56 Å². The van der Waals surface area contributed by atoms with E-state index in [-0.39, 0.29) is 5.41 Å². The highest BCUT2D eigenvalue weighted by Crippen LogP contribution is 2.35. The van der Waals surface area contributed by atoms with Gasteiger partial charge in [-0.3, -0.25) is 0 Å². The van der Waals surface area contributed by atoms with Crippen molar-refractivity contribution in [1.82, 2.24) is 4.98 Å². The highest BCUT2D eigenvalue weighted by atomic mass is 16.5. The lowest BCUT2D eigenvalue weighted by atomic mass is 9.74. The summed E-state index contributed by atoms with van der Waals surface area (Å²) < 4.78 is 11.2. The molecule has 23 heavy (non-hydrogen) atoms. The molecule has 0 unspecified atom stereocenters. The smallest absolute Gasteiger partial charge is 0.125 e. The van der Waals surface area contributed by atoms with Crippen LogP contribution in [0.4, 0.5) is 5.82 Å². The van der Waals surface area contributed by atoms with Crippen LogP contribution in [0, 0.1) is 0 Å². The molecule has 3 rings (SSSR count). The summed E-state index contributed by atoms with van der Waals surface area (Å²) in [6, 6.07) is 14.5. The van der Waals surface area contributed by atoms with Gasteiger partial charge in [-0.15, -0.1) is 0 Å². The number of pyridine rings is 1. The molecule has 0 bridgehead atoms.